The van der Waals surface area contributed by atoms with Gasteiger partial charge in [0.05, 0.1) is 11.2 Å². The van der Waals surface area contributed by atoms with Crippen LogP contribution in [0.1, 0.15) is 21.4 Å². The molecule has 1 aromatic heterocycles. The molecule has 2 aromatic carbocycles. The molecule has 8 heteroatoms. The number of hydrogen-bond donors (Lipinski definition) is 1. The number of sulfone groups is 1. The number of furan rings is 1. The van der Waals surface area contributed by atoms with Crippen LogP contribution in [0.15, 0.2) is 76.2 Å². The topological polar surface area (TPSA) is 76.4 Å². The van der Waals surface area contributed by atoms with E-state index in [-0.39, 0.29) is 22.8 Å². The van der Waals surface area contributed by atoms with Crippen LogP contribution in [-0.4, -0.2) is 20.9 Å². The number of benzene rings is 2. The molecule has 0 radical (unpaired) electrons. The normalized spacial score (nSPS) is 12.5. The van der Waals surface area contributed by atoms with E-state index in [9.17, 15) is 17.6 Å². The van der Waals surface area contributed by atoms with Gasteiger partial charge in [0.25, 0.3) is 5.91 Å². The molecule has 1 N–H and O–H groups in total. The second-order valence-corrected chi connectivity index (χ2v) is 8.29. The fraction of sp³-hybridized carbons (Fsp3) is 0.105. The molecule has 0 saturated carbocycles. The van der Waals surface area contributed by atoms with Gasteiger partial charge in [0.2, 0.25) is 0 Å². The average Bonchev–Trinajstić information content (AvgIpc) is 3.16. The highest BCUT2D eigenvalue weighted by atomic mass is 35.5. The summed E-state index contributed by atoms with van der Waals surface area (Å²) in [4.78, 5) is 12.3. The summed E-state index contributed by atoms with van der Waals surface area (Å²) >= 11 is 5.82. The van der Waals surface area contributed by atoms with Gasteiger partial charge in [-0.05, 0) is 54.6 Å². The SMILES string of the molecule is O=C(NC[C@@H](c1ccco1)S(=O)(=O)c1ccc(Cl)cc1)c1cccc(F)c1. The fourth-order valence-electron chi connectivity index (χ4n) is 2.54. The molecule has 3 aromatic rings. The Morgan fingerprint density at radius 1 is 1.11 bits per heavy atom. The number of rotatable bonds is 6. The van der Waals surface area contributed by atoms with Crippen LogP contribution in [0.4, 0.5) is 4.39 Å². The van der Waals surface area contributed by atoms with Crippen molar-refractivity contribution in [2.24, 2.45) is 0 Å². The van der Waals surface area contributed by atoms with E-state index in [4.69, 9.17) is 16.0 Å². The maximum atomic E-state index is 13.3. The van der Waals surface area contributed by atoms with Crippen molar-refractivity contribution in [3.8, 4) is 0 Å². The van der Waals surface area contributed by atoms with Gasteiger partial charge < -0.3 is 9.73 Å². The van der Waals surface area contributed by atoms with Crippen molar-refractivity contribution in [1.82, 2.24) is 5.32 Å². The molecule has 27 heavy (non-hydrogen) atoms. The van der Waals surface area contributed by atoms with Crippen LogP contribution in [0.25, 0.3) is 0 Å². The lowest BCUT2D eigenvalue weighted by Gasteiger charge is -2.17. The maximum Gasteiger partial charge on any atom is 0.251 e. The molecule has 0 aliphatic rings. The molecule has 0 fully saturated rings. The lowest BCUT2D eigenvalue weighted by Crippen LogP contribution is -2.31. The van der Waals surface area contributed by atoms with Crippen molar-refractivity contribution in [2.75, 3.05) is 6.54 Å². The van der Waals surface area contributed by atoms with Crippen molar-refractivity contribution in [1.29, 1.82) is 0 Å². The minimum Gasteiger partial charge on any atom is -0.468 e. The minimum absolute atomic E-state index is 0.0494. The summed E-state index contributed by atoms with van der Waals surface area (Å²) in [6, 6.07) is 13.9. The standard InChI is InChI=1S/C19H15ClFNO4S/c20-14-6-8-16(9-7-14)27(24,25)18(17-5-2-10-26-17)12-22-19(23)13-3-1-4-15(21)11-13/h1-11,18H,12H2,(H,22,23)/t18-/m0/s1. The van der Waals surface area contributed by atoms with Crippen LogP contribution in [0.3, 0.4) is 0 Å². The molecule has 0 saturated heterocycles. The number of halogens is 2. The number of amides is 1. The average molecular weight is 408 g/mol. The molecule has 140 valence electrons. The second kappa shape index (κ2) is 7.94. The highest BCUT2D eigenvalue weighted by Crippen LogP contribution is 2.29. The summed E-state index contributed by atoms with van der Waals surface area (Å²) in [5.74, 6) is -0.958. The van der Waals surface area contributed by atoms with Gasteiger partial charge in [-0.25, -0.2) is 12.8 Å². The van der Waals surface area contributed by atoms with E-state index in [0.29, 0.717) is 5.02 Å². The Hall–Kier alpha value is -2.64. The molecule has 1 amide bonds. The second-order valence-electron chi connectivity index (χ2n) is 5.72. The first-order valence-electron chi connectivity index (χ1n) is 7.94. The van der Waals surface area contributed by atoms with Gasteiger partial charge >= 0.3 is 0 Å². The highest BCUT2D eigenvalue weighted by molar-refractivity contribution is 7.91. The van der Waals surface area contributed by atoms with E-state index in [1.54, 1.807) is 6.07 Å². The molecule has 3 rings (SSSR count). The summed E-state index contributed by atoms with van der Waals surface area (Å²) in [7, 11) is -3.87. The van der Waals surface area contributed by atoms with E-state index in [0.717, 1.165) is 6.07 Å². The molecule has 0 bridgehead atoms. The number of nitrogens with one attached hydrogen (secondary N) is 1. The van der Waals surface area contributed by atoms with Gasteiger partial charge in [0.15, 0.2) is 9.84 Å². The zero-order valence-corrected chi connectivity index (χ0v) is 15.5. The Kier molecular flexibility index (Phi) is 5.62. The van der Waals surface area contributed by atoms with Crippen molar-refractivity contribution in [2.45, 2.75) is 10.1 Å². The Balaban J connectivity index is 1.86. The van der Waals surface area contributed by atoms with E-state index >= 15 is 0 Å². The quantitative estimate of drug-likeness (QED) is 0.669. The summed E-state index contributed by atoms with van der Waals surface area (Å²) in [6.07, 6.45) is 1.36. The zero-order valence-electron chi connectivity index (χ0n) is 13.9. The van der Waals surface area contributed by atoms with Crippen LogP contribution in [-0.2, 0) is 9.84 Å². The van der Waals surface area contributed by atoms with Crippen LogP contribution < -0.4 is 5.32 Å². The molecule has 0 spiro atoms. The van der Waals surface area contributed by atoms with Crippen molar-refractivity contribution < 1.29 is 22.0 Å². The van der Waals surface area contributed by atoms with Crippen molar-refractivity contribution >= 4 is 27.3 Å². The summed E-state index contributed by atoms with van der Waals surface area (Å²) < 4.78 is 44.6. The van der Waals surface area contributed by atoms with Crippen LogP contribution in [0, 0.1) is 5.82 Å². The third-order valence-corrected chi connectivity index (χ3v) is 6.24. The summed E-state index contributed by atoms with van der Waals surface area (Å²) in [5, 5.41) is 1.79. The van der Waals surface area contributed by atoms with Gasteiger partial charge in [-0.3, -0.25) is 4.79 Å². The van der Waals surface area contributed by atoms with E-state index in [1.165, 1.54) is 54.8 Å². The maximum absolute atomic E-state index is 13.3. The smallest absolute Gasteiger partial charge is 0.251 e. The fourth-order valence-corrected chi connectivity index (χ4v) is 4.26. The summed E-state index contributed by atoms with van der Waals surface area (Å²) in [6.45, 7) is -0.242. The first-order valence-corrected chi connectivity index (χ1v) is 9.87. The molecule has 1 heterocycles. The Morgan fingerprint density at radius 3 is 2.48 bits per heavy atom. The monoisotopic (exact) mass is 407 g/mol. The molecule has 0 unspecified atom stereocenters. The lowest BCUT2D eigenvalue weighted by atomic mass is 10.2. The van der Waals surface area contributed by atoms with Gasteiger partial charge in [0, 0.05) is 17.1 Å². The minimum atomic E-state index is -3.87. The van der Waals surface area contributed by atoms with Gasteiger partial charge in [0.1, 0.15) is 16.8 Å². The third-order valence-electron chi connectivity index (χ3n) is 3.91. The molecule has 1 atom stereocenters. The van der Waals surface area contributed by atoms with Gasteiger partial charge in [-0.1, -0.05) is 17.7 Å². The molecular formula is C19H15ClFNO4S. The Labute approximate surface area is 160 Å². The number of carbonyl (C=O) groups excluding carboxylic acids is 1. The summed E-state index contributed by atoms with van der Waals surface area (Å²) in [5.41, 5.74) is 0.0945. The Bertz CT molecular complexity index is 1030. The van der Waals surface area contributed by atoms with E-state index < -0.39 is 26.8 Å². The highest BCUT2D eigenvalue weighted by Gasteiger charge is 2.32. The van der Waals surface area contributed by atoms with E-state index in [2.05, 4.69) is 5.32 Å². The Morgan fingerprint density at radius 2 is 1.85 bits per heavy atom. The number of carbonyl (C=O) groups is 1. The first kappa shape index (κ1) is 19.1. The van der Waals surface area contributed by atoms with Crippen molar-refractivity contribution in [3.63, 3.8) is 0 Å². The molecule has 5 nitrogen and oxygen atoms in total. The number of hydrogen-bond acceptors (Lipinski definition) is 4. The van der Waals surface area contributed by atoms with Crippen LogP contribution in [0.2, 0.25) is 5.02 Å². The largest absolute Gasteiger partial charge is 0.468 e. The predicted molar refractivity (Wildman–Crippen MR) is 98.8 cm³/mol. The third kappa shape index (κ3) is 4.37. The molecule has 0 aliphatic heterocycles. The van der Waals surface area contributed by atoms with E-state index in [1.807, 2.05) is 0 Å². The van der Waals surface area contributed by atoms with Crippen LogP contribution >= 0.6 is 11.6 Å². The lowest BCUT2D eigenvalue weighted by molar-refractivity contribution is 0.0952. The van der Waals surface area contributed by atoms with Crippen molar-refractivity contribution in [3.05, 3.63) is 89.1 Å². The zero-order chi connectivity index (χ0) is 19.4. The first-order chi connectivity index (χ1) is 12.9. The molecule has 0 aliphatic carbocycles. The molecular weight excluding hydrogens is 393 g/mol. The van der Waals surface area contributed by atoms with Gasteiger partial charge in [-0.15, -0.1) is 0 Å². The predicted octanol–water partition coefficient (Wildman–Crippen LogP) is 4.02. The van der Waals surface area contributed by atoms with Gasteiger partial charge in [-0.2, -0.15) is 0 Å². The van der Waals surface area contributed by atoms with Crippen LogP contribution in [0.5, 0.6) is 0 Å².